The van der Waals surface area contributed by atoms with Gasteiger partial charge in [0.1, 0.15) is 23.1 Å². The van der Waals surface area contributed by atoms with Crippen molar-refractivity contribution in [1.82, 2.24) is 4.98 Å². The fourth-order valence-corrected chi connectivity index (χ4v) is 1.87. The Bertz CT molecular complexity index is 496. The van der Waals surface area contributed by atoms with Crippen LogP contribution in [0.15, 0.2) is 23.3 Å². The number of hydrogen-bond donors (Lipinski definition) is 3. The topological polar surface area (TPSA) is 109 Å². The van der Waals surface area contributed by atoms with Crippen LogP contribution in [0.5, 0.6) is 5.75 Å². The summed E-state index contributed by atoms with van der Waals surface area (Å²) in [5.74, 6) is -0.688. The number of rotatable bonds is 2. The molecule has 1 aromatic heterocycles. The lowest BCUT2D eigenvalue weighted by Crippen LogP contribution is -2.35. The highest BCUT2D eigenvalue weighted by Crippen LogP contribution is 2.30. The number of carbonyl (C=O) groups is 1. The number of hydrogen-bond acceptors (Lipinski definition) is 5. The highest BCUT2D eigenvalue weighted by molar-refractivity contribution is 6.09. The van der Waals surface area contributed by atoms with Crippen molar-refractivity contribution in [2.75, 3.05) is 0 Å². The number of nitrogens with zero attached hydrogens (tertiary/aromatic N) is 2. The minimum atomic E-state index is -1.31. The lowest BCUT2D eigenvalue weighted by Gasteiger charge is -2.19. The summed E-state index contributed by atoms with van der Waals surface area (Å²) < 4.78 is 0. The van der Waals surface area contributed by atoms with E-state index in [1.54, 1.807) is 6.07 Å². The monoisotopic (exact) mass is 235 g/mol. The lowest BCUT2D eigenvalue weighted by molar-refractivity contribution is -0.119. The van der Waals surface area contributed by atoms with E-state index in [-0.39, 0.29) is 23.6 Å². The third-order valence-corrected chi connectivity index (χ3v) is 2.73. The molecule has 6 nitrogen and oxygen atoms in total. The van der Waals surface area contributed by atoms with Crippen LogP contribution in [-0.4, -0.2) is 38.5 Å². The van der Waals surface area contributed by atoms with Crippen molar-refractivity contribution in [2.45, 2.75) is 25.0 Å². The first-order valence-electron chi connectivity index (χ1n) is 5.16. The van der Waals surface area contributed by atoms with Crippen molar-refractivity contribution in [2.24, 2.45) is 10.7 Å². The van der Waals surface area contributed by atoms with Gasteiger partial charge < -0.3 is 15.9 Å². The van der Waals surface area contributed by atoms with Gasteiger partial charge in [0.15, 0.2) is 0 Å². The van der Waals surface area contributed by atoms with Gasteiger partial charge in [0.25, 0.3) is 0 Å². The molecule has 0 spiro atoms. The zero-order valence-electron chi connectivity index (χ0n) is 9.29. The molecule has 17 heavy (non-hydrogen) atoms. The first kappa shape index (κ1) is 11.5. The number of aliphatic hydroxyl groups is 1. The third-order valence-electron chi connectivity index (χ3n) is 2.73. The predicted octanol–water partition coefficient (Wildman–Crippen LogP) is -0.415. The normalized spacial score (nSPS) is 27.9. The molecule has 0 fully saturated rings. The van der Waals surface area contributed by atoms with Crippen LogP contribution in [0.1, 0.15) is 19.0 Å². The molecule has 90 valence electrons. The average molecular weight is 235 g/mol. The summed E-state index contributed by atoms with van der Waals surface area (Å²) in [7, 11) is 0. The minimum absolute atomic E-state index is 0.0864. The molecule has 2 rings (SSSR count). The van der Waals surface area contributed by atoms with E-state index < -0.39 is 17.6 Å². The summed E-state index contributed by atoms with van der Waals surface area (Å²) in [5, 5.41) is 19.8. The van der Waals surface area contributed by atoms with Crippen LogP contribution in [0, 0.1) is 0 Å². The third kappa shape index (κ3) is 1.99. The van der Waals surface area contributed by atoms with Gasteiger partial charge >= 0.3 is 0 Å². The van der Waals surface area contributed by atoms with Crippen LogP contribution in [0.3, 0.4) is 0 Å². The first-order valence-corrected chi connectivity index (χ1v) is 5.16. The van der Waals surface area contributed by atoms with E-state index in [2.05, 4.69) is 9.98 Å². The maximum atomic E-state index is 11.1. The molecule has 0 aromatic carbocycles. The van der Waals surface area contributed by atoms with Crippen molar-refractivity contribution in [3.63, 3.8) is 0 Å². The van der Waals surface area contributed by atoms with E-state index in [1.807, 2.05) is 0 Å². The van der Waals surface area contributed by atoms with Gasteiger partial charge in [-0.15, -0.1) is 0 Å². The maximum absolute atomic E-state index is 11.1. The maximum Gasteiger partial charge on any atom is 0.242 e. The number of carbonyl (C=O) groups excluding carboxylic acids is 1. The molecule has 0 aliphatic carbocycles. The van der Waals surface area contributed by atoms with Crippen LogP contribution in [-0.2, 0) is 4.79 Å². The van der Waals surface area contributed by atoms with Crippen molar-refractivity contribution < 1.29 is 15.0 Å². The van der Waals surface area contributed by atoms with Crippen molar-refractivity contribution in [1.29, 1.82) is 0 Å². The summed E-state index contributed by atoms with van der Waals surface area (Å²) in [4.78, 5) is 19.1. The van der Waals surface area contributed by atoms with Crippen LogP contribution < -0.4 is 5.73 Å². The molecule has 2 atom stereocenters. The van der Waals surface area contributed by atoms with Gasteiger partial charge in [-0.3, -0.25) is 14.8 Å². The molecule has 0 saturated heterocycles. The Morgan fingerprint density at radius 2 is 2.35 bits per heavy atom. The van der Waals surface area contributed by atoms with Gasteiger partial charge in [-0.1, -0.05) is 0 Å². The van der Waals surface area contributed by atoms with Crippen LogP contribution in [0.2, 0.25) is 0 Å². The van der Waals surface area contributed by atoms with E-state index >= 15 is 0 Å². The van der Waals surface area contributed by atoms with Gasteiger partial charge in [-0.05, 0) is 19.1 Å². The molecule has 0 radical (unpaired) electrons. The van der Waals surface area contributed by atoms with Crippen LogP contribution >= 0.6 is 0 Å². The van der Waals surface area contributed by atoms with Gasteiger partial charge in [-0.25, -0.2) is 0 Å². The summed E-state index contributed by atoms with van der Waals surface area (Å²) in [5.41, 5.74) is 4.22. The summed E-state index contributed by atoms with van der Waals surface area (Å²) >= 11 is 0. The Labute approximate surface area is 97.8 Å². The predicted molar refractivity (Wildman–Crippen MR) is 60.7 cm³/mol. The Hall–Kier alpha value is -1.95. The van der Waals surface area contributed by atoms with E-state index in [1.165, 1.54) is 19.2 Å². The molecule has 6 heteroatoms. The van der Waals surface area contributed by atoms with Crippen LogP contribution in [0.4, 0.5) is 0 Å². The first-order chi connectivity index (χ1) is 7.92. The molecule has 0 saturated carbocycles. The second-order valence-corrected chi connectivity index (χ2v) is 4.24. The van der Waals surface area contributed by atoms with E-state index in [4.69, 9.17) is 5.73 Å². The molecule has 1 aromatic rings. The van der Waals surface area contributed by atoms with Crippen molar-refractivity contribution in [3.05, 3.63) is 24.0 Å². The number of amides is 1. The highest BCUT2D eigenvalue weighted by Gasteiger charge is 2.41. The van der Waals surface area contributed by atoms with Crippen molar-refractivity contribution in [3.8, 4) is 5.75 Å². The average Bonchev–Trinajstić information content (AvgIpc) is 2.55. The van der Waals surface area contributed by atoms with Gasteiger partial charge in [-0.2, -0.15) is 0 Å². The largest absolute Gasteiger partial charge is 0.506 e. The van der Waals surface area contributed by atoms with Gasteiger partial charge in [0.05, 0.1) is 5.71 Å². The molecule has 1 aliphatic heterocycles. The van der Waals surface area contributed by atoms with E-state index in [0.29, 0.717) is 0 Å². The summed E-state index contributed by atoms with van der Waals surface area (Å²) in [6.07, 6.45) is 1.58. The zero-order valence-corrected chi connectivity index (χ0v) is 9.29. The fraction of sp³-hybridized carbons (Fsp3) is 0.364. The Kier molecular flexibility index (Phi) is 2.59. The highest BCUT2D eigenvalue weighted by atomic mass is 16.3. The van der Waals surface area contributed by atoms with Gasteiger partial charge in [0.2, 0.25) is 5.91 Å². The second kappa shape index (κ2) is 3.81. The molecule has 1 aliphatic rings. The molecular weight excluding hydrogens is 222 g/mol. The number of primary amides is 1. The number of pyridine rings is 1. The zero-order chi connectivity index (χ0) is 12.6. The fourth-order valence-electron chi connectivity index (χ4n) is 1.87. The Balaban J connectivity index is 2.47. The number of aromatic hydroxyl groups is 1. The quantitative estimate of drug-likeness (QED) is 0.647. The molecule has 0 bridgehead atoms. The number of nitrogens with two attached hydrogens (primary N) is 1. The van der Waals surface area contributed by atoms with Gasteiger partial charge in [0, 0.05) is 12.6 Å². The summed E-state index contributed by atoms with van der Waals surface area (Å²) in [6, 6.07) is 2.23. The molecule has 1 amide bonds. The molecular formula is C11H13N3O3. The Morgan fingerprint density at radius 3 is 2.88 bits per heavy atom. The second-order valence-electron chi connectivity index (χ2n) is 4.24. The molecule has 0 unspecified atom stereocenters. The number of aliphatic imine (C=N–C) groups is 1. The van der Waals surface area contributed by atoms with E-state index in [0.717, 1.165) is 0 Å². The standard InChI is InChI=1S/C11H13N3O3/c1-11(17)5-6(10(12)16)14-9(11)8-7(15)3-2-4-13-8/h2-4,6,15,17H,5H2,1H3,(H2,12,16)/t6-,11-/m0/s1. The smallest absolute Gasteiger partial charge is 0.242 e. The van der Waals surface area contributed by atoms with E-state index in [9.17, 15) is 15.0 Å². The molecule has 4 N–H and O–H groups in total. The summed E-state index contributed by atoms with van der Waals surface area (Å²) in [6.45, 7) is 1.52. The Morgan fingerprint density at radius 1 is 1.65 bits per heavy atom. The SMILES string of the molecule is C[C@]1(O)C[C@@H](C(N)=O)N=C1c1ncccc1O. The minimum Gasteiger partial charge on any atom is -0.506 e. The van der Waals surface area contributed by atoms with Crippen LogP contribution in [0.25, 0.3) is 0 Å². The van der Waals surface area contributed by atoms with Crippen molar-refractivity contribution >= 4 is 11.6 Å². The lowest BCUT2D eigenvalue weighted by atomic mass is 9.93. The number of aromatic nitrogens is 1. The molecule has 2 heterocycles.